The number of aliphatic imine (C=N–C) groups is 1. The molecule has 184 valence electrons. The highest BCUT2D eigenvalue weighted by molar-refractivity contribution is 5.87. The van der Waals surface area contributed by atoms with E-state index < -0.39 is 11.6 Å². The average Bonchev–Trinajstić information content (AvgIpc) is 3.14. The Labute approximate surface area is 201 Å². The van der Waals surface area contributed by atoms with Gasteiger partial charge < -0.3 is 19.5 Å². The van der Waals surface area contributed by atoms with Crippen LogP contribution in [0.1, 0.15) is 43.6 Å². The molecule has 1 aromatic heterocycles. The molecule has 7 nitrogen and oxygen atoms in total. The van der Waals surface area contributed by atoms with E-state index in [0.717, 1.165) is 34.8 Å². The summed E-state index contributed by atoms with van der Waals surface area (Å²) >= 11 is 0. The Kier molecular flexibility index (Phi) is 8.38. The number of carbonyl (C=O) groups is 1. The van der Waals surface area contributed by atoms with Gasteiger partial charge in [0.05, 0.1) is 24.6 Å². The number of nitrogens with one attached hydrogen (secondary N) is 1. The van der Waals surface area contributed by atoms with Gasteiger partial charge in [0.2, 0.25) is 0 Å². The number of amides is 1. The van der Waals surface area contributed by atoms with Gasteiger partial charge in [0, 0.05) is 45.1 Å². The Hall–Kier alpha value is -2.84. The van der Waals surface area contributed by atoms with Gasteiger partial charge in [0.25, 0.3) is 5.91 Å². The number of likely N-dealkylation sites (tertiary alicyclic amines) is 1. The van der Waals surface area contributed by atoms with E-state index in [-0.39, 0.29) is 24.8 Å². The van der Waals surface area contributed by atoms with Gasteiger partial charge in [-0.15, -0.1) is 0 Å². The molecule has 3 rings (SSSR count). The minimum absolute atomic E-state index is 0.138. The van der Waals surface area contributed by atoms with E-state index in [1.807, 2.05) is 63.7 Å². The van der Waals surface area contributed by atoms with Crippen LogP contribution in [-0.4, -0.2) is 65.1 Å². The highest BCUT2D eigenvalue weighted by Gasteiger charge is 2.41. The molecule has 0 bridgehead atoms. The summed E-state index contributed by atoms with van der Waals surface area (Å²) in [6, 6.07) is 6.03. The van der Waals surface area contributed by atoms with Gasteiger partial charge in [-0.1, -0.05) is 12.1 Å². The number of alkyl halides is 1. The fraction of sp³-hybridized carbons (Fsp3) is 0.500. The third-order valence-electron chi connectivity index (χ3n) is 6.41. The summed E-state index contributed by atoms with van der Waals surface area (Å²) in [5.41, 5.74) is 1.92. The van der Waals surface area contributed by atoms with Crippen molar-refractivity contribution in [3.63, 3.8) is 0 Å². The summed E-state index contributed by atoms with van der Waals surface area (Å²) in [7, 11) is 1.97. The van der Waals surface area contributed by atoms with E-state index in [9.17, 15) is 4.79 Å². The molecule has 8 heteroatoms. The second kappa shape index (κ2) is 11.1. The van der Waals surface area contributed by atoms with Crippen molar-refractivity contribution in [1.82, 2.24) is 19.8 Å². The molecule has 1 aromatic carbocycles. The van der Waals surface area contributed by atoms with Crippen LogP contribution in [0, 0.1) is 13.8 Å². The van der Waals surface area contributed by atoms with Crippen LogP contribution in [0.5, 0.6) is 0 Å². The van der Waals surface area contributed by atoms with Crippen molar-refractivity contribution in [3.8, 4) is 11.3 Å². The number of aryl methyl sites for hydroxylation is 2. The van der Waals surface area contributed by atoms with Crippen LogP contribution in [0.15, 0.2) is 35.2 Å². The molecule has 0 radical (unpaired) electrons. The van der Waals surface area contributed by atoms with Gasteiger partial charge in [-0.2, -0.15) is 0 Å². The van der Waals surface area contributed by atoms with Gasteiger partial charge in [-0.3, -0.25) is 4.79 Å². The molecule has 34 heavy (non-hydrogen) atoms. The molecular weight excluding hydrogens is 433 g/mol. The second-order valence-corrected chi connectivity index (χ2v) is 9.19. The van der Waals surface area contributed by atoms with Gasteiger partial charge in [-0.05, 0) is 57.7 Å². The number of imidazole rings is 1. The first-order valence-electron chi connectivity index (χ1n) is 11.7. The minimum atomic E-state index is -1.93. The zero-order valence-corrected chi connectivity index (χ0v) is 20.9. The van der Waals surface area contributed by atoms with Crippen molar-refractivity contribution in [2.45, 2.75) is 52.3 Å². The number of hydrogen-bond acceptors (Lipinski definition) is 5. The zero-order valence-electron chi connectivity index (χ0n) is 20.9. The highest BCUT2D eigenvalue weighted by Crippen LogP contribution is 2.28. The number of carbonyl (C=O) groups excluding carboxylic acids is 1. The number of halogens is 1. The predicted octanol–water partition coefficient (Wildman–Crippen LogP) is 4.05. The fourth-order valence-corrected chi connectivity index (χ4v) is 4.00. The van der Waals surface area contributed by atoms with Crippen LogP contribution in [0.4, 0.5) is 4.39 Å². The lowest BCUT2D eigenvalue weighted by molar-refractivity contribution is -0.135. The van der Waals surface area contributed by atoms with Crippen LogP contribution < -0.4 is 5.32 Å². The van der Waals surface area contributed by atoms with Crippen LogP contribution in [0.2, 0.25) is 0 Å². The van der Waals surface area contributed by atoms with Gasteiger partial charge in [0.1, 0.15) is 11.6 Å². The van der Waals surface area contributed by atoms with Gasteiger partial charge in [0.15, 0.2) is 5.67 Å². The Balaban J connectivity index is 1.68. The highest BCUT2D eigenvalue weighted by atomic mass is 19.1. The number of aromatic nitrogens is 2. The van der Waals surface area contributed by atoms with Crippen molar-refractivity contribution < 1.29 is 13.9 Å². The molecule has 2 heterocycles. The Bertz CT molecular complexity index is 1050. The minimum Gasteiger partial charge on any atom is -0.377 e. The lowest BCUT2D eigenvalue weighted by Gasteiger charge is -2.35. The van der Waals surface area contributed by atoms with Crippen LogP contribution in [-0.2, 0) is 16.6 Å². The Morgan fingerprint density at radius 1 is 1.35 bits per heavy atom. The molecule has 0 aliphatic carbocycles. The molecule has 0 saturated carbocycles. The maximum absolute atomic E-state index is 15.5. The van der Waals surface area contributed by atoms with Crippen LogP contribution in [0.3, 0.4) is 0 Å². The second-order valence-electron chi connectivity index (χ2n) is 9.19. The van der Waals surface area contributed by atoms with E-state index in [1.54, 1.807) is 6.08 Å². The van der Waals surface area contributed by atoms with Crippen molar-refractivity contribution >= 4 is 18.7 Å². The quantitative estimate of drug-likeness (QED) is 0.563. The number of piperidine rings is 1. The first-order chi connectivity index (χ1) is 16.1. The third kappa shape index (κ3) is 6.18. The first-order valence-corrected chi connectivity index (χ1v) is 11.7. The molecule has 1 amide bonds. The van der Waals surface area contributed by atoms with Gasteiger partial charge >= 0.3 is 0 Å². The zero-order chi connectivity index (χ0) is 24.9. The molecular formula is C26H36FN5O2. The molecule has 0 unspecified atom stereocenters. The molecule has 1 fully saturated rings. The standard InChI is InChI=1S/C26H36FN5O2/c1-18(2)34-14-13-32-11-9-26(27,10-12-32)25(33)30-24(28-5)16-22-15-21(8-7-19(22)3)23-17-29-20(4)31(23)6/h7-8,15-18H,5,9-14H2,1-4,6H3,(H,30,33)/b24-16+. The lowest BCUT2D eigenvalue weighted by Crippen LogP contribution is -2.51. The van der Waals surface area contributed by atoms with E-state index in [1.165, 1.54) is 0 Å². The van der Waals surface area contributed by atoms with Crippen molar-refractivity contribution in [1.29, 1.82) is 0 Å². The number of rotatable bonds is 9. The van der Waals surface area contributed by atoms with Crippen LogP contribution >= 0.6 is 0 Å². The number of benzene rings is 1. The lowest BCUT2D eigenvalue weighted by atomic mass is 9.92. The number of ether oxygens (including phenoxy) is 1. The average molecular weight is 470 g/mol. The normalized spacial score (nSPS) is 16.6. The number of hydrogen-bond donors (Lipinski definition) is 1. The van der Waals surface area contributed by atoms with Crippen molar-refractivity contribution in [2.24, 2.45) is 12.0 Å². The van der Waals surface area contributed by atoms with Crippen molar-refractivity contribution in [3.05, 3.63) is 47.2 Å². The maximum Gasteiger partial charge on any atom is 0.263 e. The number of nitrogens with zero attached hydrogens (tertiary/aromatic N) is 4. The largest absolute Gasteiger partial charge is 0.377 e. The molecule has 1 N–H and O–H groups in total. The molecule has 1 aliphatic rings. The maximum atomic E-state index is 15.5. The molecule has 1 aliphatic heterocycles. The van der Waals surface area contributed by atoms with E-state index in [2.05, 4.69) is 26.9 Å². The smallest absolute Gasteiger partial charge is 0.263 e. The SMILES string of the molecule is C=N/C(=C\c1cc(-c2cnc(C)n2C)ccc1C)NC(=O)C1(F)CCN(CCOC(C)C)CC1. The molecule has 0 spiro atoms. The molecule has 1 saturated heterocycles. The summed E-state index contributed by atoms with van der Waals surface area (Å²) in [6.07, 6.45) is 4.01. The summed E-state index contributed by atoms with van der Waals surface area (Å²) in [4.78, 5) is 23.3. The predicted molar refractivity (Wildman–Crippen MR) is 134 cm³/mol. The summed E-state index contributed by atoms with van der Waals surface area (Å²) in [5, 5.41) is 2.66. The van der Waals surface area contributed by atoms with E-state index in [0.29, 0.717) is 19.7 Å². The fourth-order valence-electron chi connectivity index (χ4n) is 4.00. The van der Waals surface area contributed by atoms with Crippen molar-refractivity contribution in [2.75, 3.05) is 26.2 Å². The molecule has 2 aromatic rings. The Morgan fingerprint density at radius 3 is 2.65 bits per heavy atom. The monoisotopic (exact) mass is 469 g/mol. The summed E-state index contributed by atoms with van der Waals surface area (Å²) < 4.78 is 23.1. The Morgan fingerprint density at radius 2 is 2.06 bits per heavy atom. The first kappa shape index (κ1) is 25.8. The molecule has 0 atom stereocenters. The van der Waals surface area contributed by atoms with E-state index >= 15 is 4.39 Å². The van der Waals surface area contributed by atoms with Gasteiger partial charge in [-0.25, -0.2) is 14.4 Å². The topological polar surface area (TPSA) is 71.8 Å². The summed E-state index contributed by atoms with van der Waals surface area (Å²) in [6.45, 7) is 13.8. The van der Waals surface area contributed by atoms with Crippen LogP contribution in [0.25, 0.3) is 17.3 Å². The summed E-state index contributed by atoms with van der Waals surface area (Å²) in [5.74, 6) is 0.483. The third-order valence-corrected chi connectivity index (χ3v) is 6.41. The van der Waals surface area contributed by atoms with E-state index in [4.69, 9.17) is 4.74 Å².